The van der Waals surface area contributed by atoms with Crippen molar-refractivity contribution in [2.75, 3.05) is 5.32 Å². The van der Waals surface area contributed by atoms with Gasteiger partial charge in [-0.2, -0.15) is 0 Å². The van der Waals surface area contributed by atoms with E-state index in [1.54, 1.807) is 0 Å². The van der Waals surface area contributed by atoms with Crippen LogP contribution in [0, 0.1) is 13.8 Å². The molecule has 0 radical (unpaired) electrons. The number of allylic oxidation sites excluding steroid dienone is 2. The maximum Gasteiger partial charge on any atom is 0.150 e. The van der Waals surface area contributed by atoms with E-state index >= 15 is 0 Å². The largest absolute Gasteiger partial charge is 0.364 e. The molecule has 1 N–H and O–H groups in total. The van der Waals surface area contributed by atoms with Crippen molar-refractivity contribution >= 4 is 16.7 Å². The minimum Gasteiger partial charge on any atom is -0.364 e. The average Bonchev–Trinajstić information content (AvgIpc) is 2.84. The maximum absolute atomic E-state index is 4.59. The zero-order valence-corrected chi connectivity index (χ0v) is 14.0. The van der Waals surface area contributed by atoms with Crippen LogP contribution < -0.4 is 5.32 Å². The number of hydrogen-bond acceptors (Lipinski definition) is 2. The predicted molar refractivity (Wildman–Crippen MR) is 97.8 cm³/mol. The molecule has 1 aromatic carbocycles. The second-order valence-corrected chi connectivity index (χ2v) is 5.78. The van der Waals surface area contributed by atoms with Crippen LogP contribution in [-0.4, -0.2) is 9.55 Å². The first-order valence-corrected chi connectivity index (χ1v) is 8.05. The van der Waals surface area contributed by atoms with Gasteiger partial charge in [-0.05, 0) is 38.0 Å². The summed E-state index contributed by atoms with van der Waals surface area (Å²) in [6.07, 6.45) is 6.16. The second-order valence-electron chi connectivity index (χ2n) is 5.78. The van der Waals surface area contributed by atoms with Gasteiger partial charge in [-0.1, -0.05) is 42.5 Å². The first kappa shape index (κ1) is 15.3. The van der Waals surface area contributed by atoms with E-state index < -0.39 is 0 Å². The topological polar surface area (TPSA) is 29.9 Å². The summed E-state index contributed by atoms with van der Waals surface area (Å²) in [4.78, 5) is 4.59. The normalized spacial score (nSPS) is 11.4. The molecule has 3 heteroatoms. The van der Waals surface area contributed by atoms with Gasteiger partial charge in [0.2, 0.25) is 0 Å². The van der Waals surface area contributed by atoms with E-state index in [-0.39, 0.29) is 0 Å². The number of rotatable bonds is 5. The molecule has 3 rings (SSSR count). The van der Waals surface area contributed by atoms with Crippen LogP contribution in [0.5, 0.6) is 0 Å². The van der Waals surface area contributed by atoms with Crippen molar-refractivity contribution in [3.8, 4) is 0 Å². The lowest BCUT2D eigenvalue weighted by molar-refractivity contribution is 0.820. The number of nitrogens with one attached hydrogen (secondary N) is 1. The van der Waals surface area contributed by atoms with Gasteiger partial charge >= 0.3 is 0 Å². The molecule has 0 amide bonds. The molecule has 0 spiro atoms. The van der Waals surface area contributed by atoms with Gasteiger partial charge in [0, 0.05) is 30.4 Å². The van der Waals surface area contributed by atoms with Gasteiger partial charge in [-0.3, -0.25) is 0 Å². The number of aryl methyl sites for hydroxylation is 1. The van der Waals surface area contributed by atoms with Gasteiger partial charge < -0.3 is 9.88 Å². The molecular formula is C20H23N3. The first-order valence-electron chi connectivity index (χ1n) is 8.05. The molecule has 2 heterocycles. The molecular weight excluding hydrogens is 282 g/mol. The molecule has 0 aliphatic rings. The number of fused-ring (bicyclic) bond motifs is 1. The summed E-state index contributed by atoms with van der Waals surface area (Å²) in [6, 6.07) is 12.5. The van der Waals surface area contributed by atoms with Crippen LogP contribution in [0.3, 0.4) is 0 Å². The van der Waals surface area contributed by atoms with Crippen LogP contribution in [0.15, 0.2) is 54.7 Å². The highest BCUT2D eigenvalue weighted by Crippen LogP contribution is 2.29. The average molecular weight is 305 g/mol. The third-order valence-electron chi connectivity index (χ3n) is 4.37. The molecule has 23 heavy (non-hydrogen) atoms. The Morgan fingerprint density at radius 3 is 2.65 bits per heavy atom. The Kier molecular flexibility index (Phi) is 4.47. The summed E-state index contributed by atoms with van der Waals surface area (Å²) in [5, 5.41) is 4.78. The number of nitrogens with zero attached hydrogens (tertiary/aromatic N) is 2. The molecule has 0 fully saturated rings. The highest BCUT2D eigenvalue weighted by Gasteiger charge is 2.14. The summed E-state index contributed by atoms with van der Waals surface area (Å²) in [7, 11) is 0. The molecule has 0 aliphatic carbocycles. The third-order valence-corrected chi connectivity index (χ3v) is 4.37. The Hall–Kier alpha value is -2.55. The van der Waals surface area contributed by atoms with E-state index in [4.69, 9.17) is 0 Å². The fraction of sp³-hybridized carbons (Fsp3) is 0.250. The number of pyridine rings is 1. The van der Waals surface area contributed by atoms with Gasteiger partial charge in [0.05, 0.1) is 5.52 Å². The number of benzene rings is 1. The van der Waals surface area contributed by atoms with Crippen LogP contribution in [0.2, 0.25) is 0 Å². The Bertz CT molecular complexity index is 829. The van der Waals surface area contributed by atoms with Crippen LogP contribution >= 0.6 is 0 Å². The third kappa shape index (κ3) is 3.00. The molecule has 3 nitrogen and oxygen atoms in total. The SMILES string of the molecule is CC=CCn1c(C)c(C)c2ccnc(NCc3ccccc3)c21. The molecule has 118 valence electrons. The smallest absolute Gasteiger partial charge is 0.150 e. The zero-order valence-electron chi connectivity index (χ0n) is 14.0. The van der Waals surface area contributed by atoms with Crippen LogP contribution in [0.25, 0.3) is 10.9 Å². The van der Waals surface area contributed by atoms with Gasteiger partial charge in [-0.25, -0.2) is 4.98 Å². The standard InChI is InChI=1S/C20H23N3/c1-4-5-13-23-16(3)15(2)18-11-12-21-20(19(18)23)22-14-17-9-7-6-8-10-17/h4-12H,13-14H2,1-3H3,(H,21,22). The Labute approximate surface area is 137 Å². The number of aromatic nitrogens is 2. The van der Waals surface area contributed by atoms with Crippen LogP contribution in [0.4, 0.5) is 5.82 Å². The summed E-state index contributed by atoms with van der Waals surface area (Å²) < 4.78 is 2.34. The molecule has 0 atom stereocenters. The van der Waals surface area contributed by atoms with Crippen LogP contribution in [-0.2, 0) is 13.1 Å². The molecule has 0 saturated heterocycles. The summed E-state index contributed by atoms with van der Waals surface area (Å²) in [5.74, 6) is 0.951. The molecule has 0 saturated carbocycles. The van der Waals surface area contributed by atoms with Crippen molar-refractivity contribution < 1.29 is 0 Å². The zero-order chi connectivity index (χ0) is 16.2. The minimum absolute atomic E-state index is 0.778. The maximum atomic E-state index is 4.59. The molecule has 0 aliphatic heterocycles. The van der Waals surface area contributed by atoms with Crippen molar-refractivity contribution in [2.24, 2.45) is 0 Å². The van der Waals surface area contributed by atoms with E-state index in [1.165, 1.54) is 27.7 Å². The predicted octanol–water partition coefficient (Wildman–Crippen LogP) is 4.84. The first-order chi connectivity index (χ1) is 11.2. The van der Waals surface area contributed by atoms with E-state index in [9.17, 15) is 0 Å². The quantitative estimate of drug-likeness (QED) is 0.683. The van der Waals surface area contributed by atoms with Crippen molar-refractivity contribution in [2.45, 2.75) is 33.9 Å². The van der Waals surface area contributed by atoms with E-state index in [1.807, 2.05) is 12.3 Å². The number of anilines is 1. The highest BCUT2D eigenvalue weighted by molar-refractivity contribution is 5.93. The minimum atomic E-state index is 0.778. The fourth-order valence-corrected chi connectivity index (χ4v) is 2.94. The van der Waals surface area contributed by atoms with E-state index in [2.05, 4.69) is 78.1 Å². The van der Waals surface area contributed by atoms with Gasteiger partial charge in [-0.15, -0.1) is 0 Å². The van der Waals surface area contributed by atoms with E-state index in [0.29, 0.717) is 0 Å². The fourth-order valence-electron chi connectivity index (χ4n) is 2.94. The lowest BCUT2D eigenvalue weighted by Gasteiger charge is -2.11. The Balaban J connectivity index is 2.01. The molecule has 0 unspecified atom stereocenters. The van der Waals surface area contributed by atoms with Crippen molar-refractivity contribution in [3.63, 3.8) is 0 Å². The Morgan fingerprint density at radius 1 is 1.13 bits per heavy atom. The monoisotopic (exact) mass is 305 g/mol. The lowest BCUT2D eigenvalue weighted by atomic mass is 10.2. The summed E-state index contributed by atoms with van der Waals surface area (Å²) in [5.41, 5.74) is 5.08. The number of hydrogen-bond donors (Lipinski definition) is 1. The summed E-state index contributed by atoms with van der Waals surface area (Å²) >= 11 is 0. The van der Waals surface area contributed by atoms with Gasteiger partial charge in [0.1, 0.15) is 0 Å². The molecule has 2 aromatic heterocycles. The van der Waals surface area contributed by atoms with E-state index in [0.717, 1.165) is 18.9 Å². The Morgan fingerprint density at radius 2 is 1.91 bits per heavy atom. The van der Waals surface area contributed by atoms with Crippen molar-refractivity contribution in [1.82, 2.24) is 9.55 Å². The van der Waals surface area contributed by atoms with Gasteiger partial charge in [0.15, 0.2) is 5.82 Å². The highest BCUT2D eigenvalue weighted by atomic mass is 15.1. The van der Waals surface area contributed by atoms with Gasteiger partial charge in [0.25, 0.3) is 0 Å². The van der Waals surface area contributed by atoms with Crippen molar-refractivity contribution in [3.05, 3.63) is 71.6 Å². The second kappa shape index (κ2) is 6.69. The van der Waals surface area contributed by atoms with Crippen LogP contribution in [0.1, 0.15) is 23.7 Å². The lowest BCUT2D eigenvalue weighted by Crippen LogP contribution is -2.05. The molecule has 3 aromatic rings. The molecule has 0 bridgehead atoms. The van der Waals surface area contributed by atoms with Crippen molar-refractivity contribution in [1.29, 1.82) is 0 Å². The summed E-state index contributed by atoms with van der Waals surface area (Å²) in [6.45, 7) is 8.07.